The second kappa shape index (κ2) is 6.39. The van der Waals surface area contributed by atoms with Crippen molar-refractivity contribution in [3.05, 3.63) is 30.0 Å². The fraction of sp³-hybridized carbons (Fsp3) is 0.267. The van der Waals surface area contributed by atoms with E-state index in [1.54, 1.807) is 7.05 Å². The van der Waals surface area contributed by atoms with E-state index in [1.807, 2.05) is 18.2 Å². The summed E-state index contributed by atoms with van der Waals surface area (Å²) in [6.45, 7) is 1.57. The van der Waals surface area contributed by atoms with Gasteiger partial charge in [0.05, 0.1) is 17.9 Å². The van der Waals surface area contributed by atoms with Gasteiger partial charge in [-0.2, -0.15) is 4.98 Å². The standard InChI is InChI=1S/C15H18N6O2/c1-17-14-10(13(16)22)8-19-15(21-14)20-9-3-4-12-11(7-9)18-5-2-6-23-12/h3-4,7-8,18H,2,5-6H2,1H3,(H2,16,22)(H2,17,19,20,21). The number of nitrogens with zero attached hydrogens (tertiary/aromatic N) is 2. The summed E-state index contributed by atoms with van der Waals surface area (Å²) in [5.41, 5.74) is 7.27. The third-order valence-corrected chi connectivity index (χ3v) is 3.42. The van der Waals surface area contributed by atoms with E-state index in [2.05, 4.69) is 25.9 Å². The van der Waals surface area contributed by atoms with Gasteiger partial charge in [0.25, 0.3) is 5.91 Å². The molecule has 0 saturated heterocycles. The Balaban J connectivity index is 1.84. The van der Waals surface area contributed by atoms with Crippen LogP contribution in [0, 0.1) is 0 Å². The second-order valence-electron chi connectivity index (χ2n) is 5.03. The Morgan fingerprint density at radius 2 is 2.30 bits per heavy atom. The van der Waals surface area contributed by atoms with Crippen molar-refractivity contribution in [1.29, 1.82) is 0 Å². The van der Waals surface area contributed by atoms with Gasteiger partial charge in [-0.3, -0.25) is 4.79 Å². The molecule has 0 spiro atoms. The monoisotopic (exact) mass is 314 g/mol. The summed E-state index contributed by atoms with van der Waals surface area (Å²) in [6, 6.07) is 5.72. The SMILES string of the molecule is CNc1nc(Nc2ccc3c(c2)NCCCO3)ncc1C(N)=O. The number of aromatic nitrogens is 2. The molecule has 1 aliphatic rings. The van der Waals surface area contributed by atoms with Crippen molar-refractivity contribution >= 4 is 29.0 Å². The normalized spacial score (nSPS) is 13.1. The van der Waals surface area contributed by atoms with Crippen LogP contribution in [0.4, 0.5) is 23.1 Å². The highest BCUT2D eigenvalue weighted by atomic mass is 16.5. The molecule has 3 rings (SSSR count). The largest absolute Gasteiger partial charge is 0.491 e. The topological polar surface area (TPSA) is 114 Å². The zero-order valence-corrected chi connectivity index (χ0v) is 12.7. The number of carbonyl (C=O) groups excluding carboxylic acids is 1. The Hall–Kier alpha value is -3.03. The van der Waals surface area contributed by atoms with E-state index < -0.39 is 5.91 Å². The molecular weight excluding hydrogens is 296 g/mol. The lowest BCUT2D eigenvalue weighted by atomic mass is 10.2. The second-order valence-corrected chi connectivity index (χ2v) is 5.03. The first-order chi connectivity index (χ1) is 11.2. The number of fused-ring (bicyclic) bond motifs is 1. The molecule has 1 aliphatic heterocycles. The van der Waals surface area contributed by atoms with Crippen LogP contribution in [-0.2, 0) is 0 Å². The van der Waals surface area contributed by atoms with Crippen LogP contribution in [-0.4, -0.2) is 36.1 Å². The molecule has 0 fully saturated rings. The van der Waals surface area contributed by atoms with Crippen LogP contribution in [0.25, 0.3) is 0 Å². The lowest BCUT2D eigenvalue weighted by Crippen LogP contribution is -2.15. The van der Waals surface area contributed by atoms with Gasteiger partial charge >= 0.3 is 0 Å². The number of benzene rings is 1. The van der Waals surface area contributed by atoms with Crippen LogP contribution >= 0.6 is 0 Å². The summed E-state index contributed by atoms with van der Waals surface area (Å²) >= 11 is 0. The smallest absolute Gasteiger partial charge is 0.254 e. The molecule has 0 unspecified atom stereocenters. The van der Waals surface area contributed by atoms with Gasteiger partial charge in [-0.05, 0) is 24.6 Å². The van der Waals surface area contributed by atoms with Crippen molar-refractivity contribution in [3.8, 4) is 5.75 Å². The Labute approximate surface area is 133 Å². The molecule has 8 nitrogen and oxygen atoms in total. The van der Waals surface area contributed by atoms with Crippen LogP contribution in [0.1, 0.15) is 16.8 Å². The van der Waals surface area contributed by atoms with Crippen molar-refractivity contribution in [2.45, 2.75) is 6.42 Å². The van der Waals surface area contributed by atoms with Crippen molar-refractivity contribution < 1.29 is 9.53 Å². The molecule has 120 valence electrons. The first kappa shape index (κ1) is 14.9. The quantitative estimate of drug-likeness (QED) is 0.677. The van der Waals surface area contributed by atoms with Crippen molar-refractivity contribution in [2.75, 3.05) is 36.1 Å². The first-order valence-corrected chi connectivity index (χ1v) is 7.29. The number of hydrogen-bond acceptors (Lipinski definition) is 7. The maximum atomic E-state index is 11.3. The fourth-order valence-electron chi connectivity index (χ4n) is 2.29. The molecule has 23 heavy (non-hydrogen) atoms. The van der Waals surface area contributed by atoms with Crippen LogP contribution in [0.3, 0.4) is 0 Å². The zero-order valence-electron chi connectivity index (χ0n) is 12.7. The lowest BCUT2D eigenvalue weighted by molar-refractivity contribution is 0.100. The van der Waals surface area contributed by atoms with E-state index in [1.165, 1.54) is 6.20 Å². The minimum Gasteiger partial charge on any atom is -0.491 e. The zero-order chi connectivity index (χ0) is 16.2. The average Bonchev–Trinajstić information content (AvgIpc) is 2.79. The molecular formula is C15H18N6O2. The Kier molecular flexibility index (Phi) is 4.13. The maximum absolute atomic E-state index is 11.3. The van der Waals surface area contributed by atoms with Crippen molar-refractivity contribution in [1.82, 2.24) is 9.97 Å². The van der Waals surface area contributed by atoms with Gasteiger partial charge in [-0.1, -0.05) is 0 Å². The number of rotatable bonds is 4. The predicted octanol–water partition coefficient (Wildman–Crippen LogP) is 1.56. The minimum absolute atomic E-state index is 0.245. The lowest BCUT2D eigenvalue weighted by Gasteiger charge is -2.12. The number of carbonyl (C=O) groups is 1. The van der Waals surface area contributed by atoms with Crippen LogP contribution in [0.15, 0.2) is 24.4 Å². The maximum Gasteiger partial charge on any atom is 0.254 e. The predicted molar refractivity (Wildman–Crippen MR) is 88.4 cm³/mol. The van der Waals surface area contributed by atoms with Crippen molar-refractivity contribution in [2.24, 2.45) is 5.73 Å². The number of nitrogens with two attached hydrogens (primary N) is 1. The highest BCUT2D eigenvalue weighted by molar-refractivity contribution is 5.97. The molecule has 1 amide bonds. The molecule has 0 aliphatic carbocycles. The number of hydrogen-bond donors (Lipinski definition) is 4. The van der Waals surface area contributed by atoms with Crippen LogP contribution in [0.2, 0.25) is 0 Å². The molecule has 2 aromatic rings. The average molecular weight is 314 g/mol. The fourth-order valence-corrected chi connectivity index (χ4v) is 2.29. The number of nitrogens with one attached hydrogen (secondary N) is 3. The van der Waals surface area contributed by atoms with Crippen LogP contribution in [0.5, 0.6) is 5.75 Å². The van der Waals surface area contributed by atoms with E-state index >= 15 is 0 Å². The van der Waals surface area contributed by atoms with Crippen LogP contribution < -0.4 is 26.4 Å². The third-order valence-electron chi connectivity index (χ3n) is 3.42. The van der Waals surface area contributed by atoms with E-state index in [-0.39, 0.29) is 5.56 Å². The molecule has 0 saturated carbocycles. The molecule has 0 atom stereocenters. The third kappa shape index (κ3) is 3.25. The molecule has 1 aromatic carbocycles. The number of primary amides is 1. The van der Waals surface area contributed by atoms with Gasteiger partial charge in [-0.15, -0.1) is 0 Å². The first-order valence-electron chi connectivity index (χ1n) is 7.29. The van der Waals surface area contributed by atoms with Gasteiger partial charge in [0.2, 0.25) is 5.95 Å². The number of ether oxygens (including phenoxy) is 1. The van der Waals surface area contributed by atoms with Gasteiger partial charge in [0, 0.05) is 25.5 Å². The summed E-state index contributed by atoms with van der Waals surface area (Å²) in [6.07, 6.45) is 2.36. The van der Waals surface area contributed by atoms with Crippen molar-refractivity contribution in [3.63, 3.8) is 0 Å². The van der Waals surface area contributed by atoms with Gasteiger partial charge in [0.15, 0.2) is 0 Å². The summed E-state index contributed by atoms with van der Waals surface area (Å²) in [4.78, 5) is 19.7. The Bertz CT molecular complexity index is 734. The van der Waals surface area contributed by atoms with E-state index in [0.717, 1.165) is 30.1 Å². The summed E-state index contributed by atoms with van der Waals surface area (Å²) in [7, 11) is 1.67. The highest BCUT2D eigenvalue weighted by Crippen LogP contribution is 2.30. The van der Waals surface area contributed by atoms with E-state index in [9.17, 15) is 4.79 Å². The summed E-state index contributed by atoms with van der Waals surface area (Å²) in [5, 5.41) is 9.26. The molecule has 1 aromatic heterocycles. The number of anilines is 4. The molecule has 2 heterocycles. The molecule has 0 radical (unpaired) electrons. The minimum atomic E-state index is -0.577. The summed E-state index contributed by atoms with van der Waals surface area (Å²) in [5.74, 6) is 1.00. The van der Waals surface area contributed by atoms with Gasteiger partial charge in [-0.25, -0.2) is 4.98 Å². The van der Waals surface area contributed by atoms with E-state index in [0.29, 0.717) is 18.4 Å². The number of amides is 1. The summed E-state index contributed by atoms with van der Waals surface area (Å²) < 4.78 is 5.65. The Morgan fingerprint density at radius 1 is 1.43 bits per heavy atom. The Morgan fingerprint density at radius 3 is 3.09 bits per heavy atom. The van der Waals surface area contributed by atoms with Gasteiger partial charge < -0.3 is 26.4 Å². The van der Waals surface area contributed by atoms with E-state index in [4.69, 9.17) is 10.5 Å². The molecule has 5 N–H and O–H groups in total. The molecule has 8 heteroatoms. The molecule has 0 bridgehead atoms. The van der Waals surface area contributed by atoms with Gasteiger partial charge in [0.1, 0.15) is 11.6 Å². The highest BCUT2D eigenvalue weighted by Gasteiger charge is 2.12.